The van der Waals surface area contributed by atoms with Crippen molar-refractivity contribution in [2.24, 2.45) is 0 Å². The molecule has 0 unspecified atom stereocenters. The van der Waals surface area contributed by atoms with Gasteiger partial charge >= 0.3 is 0 Å². The molecule has 1 aromatic heterocycles. The summed E-state index contributed by atoms with van der Waals surface area (Å²) in [6.07, 6.45) is 4.47. The van der Waals surface area contributed by atoms with Gasteiger partial charge < -0.3 is 5.73 Å². The minimum atomic E-state index is 0.0612. The summed E-state index contributed by atoms with van der Waals surface area (Å²) in [7, 11) is 0. The van der Waals surface area contributed by atoms with Gasteiger partial charge in [0.2, 0.25) is 0 Å². The standard InChI is InChI=1S/C9H9ClN4/c1-2-3-4-6-8(10)14-9(12)7(5-11)13-6/h3-4H,2H2,1H3,(H2,12,14)/b4-3+. The molecule has 0 saturated carbocycles. The lowest BCUT2D eigenvalue weighted by Crippen LogP contribution is -2.00. The van der Waals surface area contributed by atoms with E-state index in [2.05, 4.69) is 9.97 Å². The monoisotopic (exact) mass is 208 g/mol. The van der Waals surface area contributed by atoms with Crippen molar-refractivity contribution in [1.82, 2.24) is 9.97 Å². The molecule has 0 spiro atoms. The van der Waals surface area contributed by atoms with E-state index < -0.39 is 0 Å². The fraction of sp³-hybridized carbons (Fsp3) is 0.222. The van der Waals surface area contributed by atoms with Gasteiger partial charge in [-0.2, -0.15) is 5.26 Å². The van der Waals surface area contributed by atoms with Gasteiger partial charge in [-0.3, -0.25) is 0 Å². The van der Waals surface area contributed by atoms with E-state index in [-0.39, 0.29) is 16.7 Å². The first-order valence-corrected chi connectivity index (χ1v) is 4.46. The first kappa shape index (κ1) is 10.5. The topological polar surface area (TPSA) is 75.6 Å². The van der Waals surface area contributed by atoms with Crippen LogP contribution < -0.4 is 5.73 Å². The summed E-state index contributed by atoms with van der Waals surface area (Å²) in [5.74, 6) is 0.0612. The molecule has 0 amide bonds. The van der Waals surface area contributed by atoms with Crippen molar-refractivity contribution >= 4 is 23.5 Å². The Morgan fingerprint density at radius 1 is 1.57 bits per heavy atom. The second-order valence-electron chi connectivity index (χ2n) is 2.56. The fourth-order valence-electron chi connectivity index (χ4n) is 0.858. The number of anilines is 1. The summed E-state index contributed by atoms with van der Waals surface area (Å²) in [5.41, 5.74) is 6.00. The van der Waals surface area contributed by atoms with E-state index in [1.54, 1.807) is 6.08 Å². The Balaban J connectivity index is 3.19. The summed E-state index contributed by atoms with van der Waals surface area (Å²) >= 11 is 5.78. The van der Waals surface area contributed by atoms with Crippen molar-refractivity contribution in [3.63, 3.8) is 0 Å². The van der Waals surface area contributed by atoms with Gasteiger partial charge in [0.15, 0.2) is 16.7 Å². The Morgan fingerprint density at radius 2 is 2.29 bits per heavy atom. The molecule has 0 fully saturated rings. The lowest BCUT2D eigenvalue weighted by Gasteiger charge is -1.99. The number of nitrogens with two attached hydrogens (primary N) is 1. The highest BCUT2D eigenvalue weighted by atomic mass is 35.5. The zero-order valence-electron chi connectivity index (χ0n) is 7.66. The van der Waals surface area contributed by atoms with Crippen molar-refractivity contribution in [3.8, 4) is 6.07 Å². The third kappa shape index (κ3) is 2.21. The smallest absolute Gasteiger partial charge is 0.183 e. The van der Waals surface area contributed by atoms with E-state index >= 15 is 0 Å². The molecule has 2 N–H and O–H groups in total. The van der Waals surface area contributed by atoms with Crippen molar-refractivity contribution in [2.45, 2.75) is 13.3 Å². The maximum Gasteiger partial charge on any atom is 0.183 e. The second-order valence-corrected chi connectivity index (χ2v) is 2.91. The molecule has 4 nitrogen and oxygen atoms in total. The third-order valence-electron chi connectivity index (χ3n) is 1.52. The molecule has 14 heavy (non-hydrogen) atoms. The predicted octanol–water partition coefficient (Wildman–Crippen LogP) is 2.01. The van der Waals surface area contributed by atoms with E-state index in [1.807, 2.05) is 19.1 Å². The van der Waals surface area contributed by atoms with E-state index in [9.17, 15) is 0 Å². The van der Waals surface area contributed by atoms with Gasteiger partial charge in [0.1, 0.15) is 11.8 Å². The number of hydrogen-bond acceptors (Lipinski definition) is 4. The molecule has 0 radical (unpaired) electrons. The average molecular weight is 209 g/mol. The largest absolute Gasteiger partial charge is 0.381 e. The van der Waals surface area contributed by atoms with Crippen molar-refractivity contribution in [1.29, 1.82) is 5.26 Å². The molecule has 0 aromatic carbocycles. The summed E-state index contributed by atoms with van der Waals surface area (Å²) in [6.45, 7) is 1.99. The zero-order chi connectivity index (χ0) is 10.6. The Labute approximate surface area is 87.0 Å². The SMILES string of the molecule is CC/C=C/c1nc(C#N)c(N)nc1Cl. The van der Waals surface area contributed by atoms with Gasteiger partial charge in [-0.1, -0.05) is 24.6 Å². The summed E-state index contributed by atoms with van der Waals surface area (Å²) in [4.78, 5) is 7.76. The van der Waals surface area contributed by atoms with Gasteiger partial charge in [0.05, 0.1) is 0 Å². The zero-order valence-corrected chi connectivity index (χ0v) is 8.41. The summed E-state index contributed by atoms with van der Waals surface area (Å²) < 4.78 is 0. The number of hydrogen-bond donors (Lipinski definition) is 1. The number of nitriles is 1. The Bertz CT molecular complexity index is 406. The summed E-state index contributed by atoms with van der Waals surface area (Å²) in [6, 6.07) is 1.85. The highest BCUT2D eigenvalue weighted by molar-refractivity contribution is 6.30. The maximum absolute atomic E-state index is 8.66. The average Bonchev–Trinajstić information content (AvgIpc) is 2.17. The van der Waals surface area contributed by atoms with Crippen LogP contribution in [-0.4, -0.2) is 9.97 Å². The van der Waals surface area contributed by atoms with E-state index in [4.69, 9.17) is 22.6 Å². The molecule has 1 heterocycles. The molecule has 0 atom stereocenters. The Morgan fingerprint density at radius 3 is 2.86 bits per heavy atom. The van der Waals surface area contributed by atoms with Gasteiger partial charge in [0, 0.05) is 0 Å². The summed E-state index contributed by atoms with van der Waals surface area (Å²) in [5, 5.41) is 8.87. The minimum absolute atomic E-state index is 0.0612. The van der Waals surface area contributed by atoms with Crippen LogP contribution >= 0.6 is 11.6 Å². The highest BCUT2D eigenvalue weighted by Crippen LogP contribution is 2.16. The van der Waals surface area contributed by atoms with E-state index in [1.165, 1.54) is 0 Å². The molecule has 0 saturated heterocycles. The number of nitrogens with zero attached hydrogens (tertiary/aromatic N) is 3. The second kappa shape index (κ2) is 4.58. The van der Waals surface area contributed by atoms with Crippen LogP contribution in [0.3, 0.4) is 0 Å². The molecule has 1 rings (SSSR count). The molecular weight excluding hydrogens is 200 g/mol. The van der Waals surface area contributed by atoms with Crippen LogP contribution in [0.2, 0.25) is 5.15 Å². The van der Waals surface area contributed by atoms with Crippen LogP contribution in [0.4, 0.5) is 5.82 Å². The molecule has 0 bridgehead atoms. The fourth-order valence-corrected chi connectivity index (χ4v) is 1.05. The number of nitrogen functional groups attached to an aromatic ring is 1. The molecule has 0 aliphatic carbocycles. The maximum atomic E-state index is 8.66. The van der Waals surface area contributed by atoms with Gasteiger partial charge in [-0.05, 0) is 12.5 Å². The first-order valence-electron chi connectivity index (χ1n) is 4.08. The normalized spacial score (nSPS) is 10.4. The Kier molecular flexibility index (Phi) is 3.43. The van der Waals surface area contributed by atoms with Crippen LogP contribution in [0, 0.1) is 11.3 Å². The van der Waals surface area contributed by atoms with Crippen molar-refractivity contribution < 1.29 is 0 Å². The van der Waals surface area contributed by atoms with E-state index in [0.717, 1.165) is 6.42 Å². The molecule has 1 aromatic rings. The lowest BCUT2D eigenvalue weighted by molar-refractivity contribution is 1.15. The van der Waals surface area contributed by atoms with E-state index in [0.29, 0.717) is 5.69 Å². The van der Waals surface area contributed by atoms with Crippen molar-refractivity contribution in [3.05, 3.63) is 22.6 Å². The van der Waals surface area contributed by atoms with Crippen LogP contribution in [0.25, 0.3) is 6.08 Å². The van der Waals surface area contributed by atoms with Gasteiger partial charge in [0.25, 0.3) is 0 Å². The van der Waals surface area contributed by atoms with Crippen LogP contribution in [0.5, 0.6) is 0 Å². The van der Waals surface area contributed by atoms with Crippen molar-refractivity contribution in [2.75, 3.05) is 5.73 Å². The Hall–Kier alpha value is -1.60. The van der Waals surface area contributed by atoms with Crippen LogP contribution in [0.1, 0.15) is 24.7 Å². The number of allylic oxidation sites excluding steroid dienone is 1. The number of aromatic nitrogens is 2. The highest BCUT2D eigenvalue weighted by Gasteiger charge is 2.06. The minimum Gasteiger partial charge on any atom is -0.381 e. The molecule has 72 valence electrons. The van der Waals surface area contributed by atoms with Gasteiger partial charge in [-0.15, -0.1) is 0 Å². The lowest BCUT2D eigenvalue weighted by atomic mass is 10.3. The number of rotatable bonds is 2. The van der Waals surface area contributed by atoms with Crippen LogP contribution in [0.15, 0.2) is 6.08 Å². The number of halogens is 1. The molecule has 5 heteroatoms. The first-order chi connectivity index (χ1) is 6.69. The predicted molar refractivity (Wildman–Crippen MR) is 55.5 cm³/mol. The molecule has 0 aliphatic heterocycles. The molecular formula is C9H9ClN4. The third-order valence-corrected chi connectivity index (χ3v) is 1.80. The van der Waals surface area contributed by atoms with Crippen LogP contribution in [-0.2, 0) is 0 Å². The molecule has 0 aliphatic rings. The quantitative estimate of drug-likeness (QED) is 0.807. The van der Waals surface area contributed by atoms with Gasteiger partial charge in [-0.25, -0.2) is 9.97 Å².